The number of benzene rings is 2. The van der Waals surface area contributed by atoms with Gasteiger partial charge in [-0.15, -0.1) is 0 Å². The Morgan fingerprint density at radius 1 is 0.800 bits per heavy atom. The van der Waals surface area contributed by atoms with Crippen LogP contribution in [0.25, 0.3) is 0 Å². The number of rotatable bonds is 5. The van der Waals surface area contributed by atoms with Crippen molar-refractivity contribution >= 4 is 11.8 Å². The molecule has 25 heavy (non-hydrogen) atoms. The van der Waals surface area contributed by atoms with Crippen LogP contribution in [-0.2, 0) is 13.0 Å². The van der Waals surface area contributed by atoms with Crippen molar-refractivity contribution in [2.24, 2.45) is 0 Å². The van der Waals surface area contributed by atoms with Crippen LogP contribution in [-0.4, -0.2) is 32.8 Å². The van der Waals surface area contributed by atoms with E-state index in [4.69, 9.17) is 0 Å². The minimum Gasteiger partial charge on any atom is -0.335 e. The Morgan fingerprint density at radius 2 is 1.44 bits per heavy atom. The molecule has 2 amide bonds. The Bertz CT molecular complexity index is 896. The van der Waals surface area contributed by atoms with E-state index in [1.54, 1.807) is 30.6 Å². The number of imidazole rings is 1. The summed E-state index contributed by atoms with van der Waals surface area (Å²) in [6, 6.07) is 17.1. The fraction of sp³-hybridized carbons (Fsp3) is 0.150. The van der Waals surface area contributed by atoms with Gasteiger partial charge in [-0.25, -0.2) is 4.98 Å². The first-order chi connectivity index (χ1) is 12.2. The molecule has 0 atom stereocenters. The van der Waals surface area contributed by atoms with E-state index in [0.717, 1.165) is 12.1 Å². The molecule has 124 valence electrons. The van der Waals surface area contributed by atoms with E-state index in [1.807, 2.05) is 29.0 Å². The molecule has 0 fully saturated rings. The SMILES string of the molecule is O=C1c2ccccc2C(=O)N1CCn1cnc(Cc2ccccc2)c1. The summed E-state index contributed by atoms with van der Waals surface area (Å²) in [5, 5.41) is 0. The quantitative estimate of drug-likeness (QED) is 0.676. The molecule has 2 heterocycles. The average Bonchev–Trinajstić information content (AvgIpc) is 3.18. The molecule has 5 nitrogen and oxygen atoms in total. The zero-order valence-corrected chi connectivity index (χ0v) is 13.6. The normalized spacial score (nSPS) is 13.4. The molecule has 0 aliphatic carbocycles. The summed E-state index contributed by atoms with van der Waals surface area (Å²) in [6.45, 7) is 0.876. The molecule has 1 aromatic heterocycles. The van der Waals surface area contributed by atoms with Crippen molar-refractivity contribution in [2.75, 3.05) is 6.54 Å². The highest BCUT2D eigenvalue weighted by Gasteiger charge is 2.34. The molecule has 0 saturated carbocycles. The second kappa shape index (κ2) is 6.36. The van der Waals surface area contributed by atoms with Crippen LogP contribution in [0.2, 0.25) is 0 Å². The van der Waals surface area contributed by atoms with Crippen molar-refractivity contribution in [1.82, 2.24) is 14.5 Å². The second-order valence-corrected chi connectivity index (χ2v) is 6.07. The maximum absolute atomic E-state index is 12.4. The number of aromatic nitrogens is 2. The Hall–Kier alpha value is -3.21. The number of carbonyl (C=O) groups excluding carboxylic acids is 2. The third-order valence-corrected chi connectivity index (χ3v) is 4.37. The molecular formula is C20H17N3O2. The lowest BCUT2D eigenvalue weighted by molar-refractivity contribution is 0.0649. The highest BCUT2D eigenvalue weighted by molar-refractivity contribution is 6.21. The zero-order chi connectivity index (χ0) is 17.2. The third kappa shape index (κ3) is 2.96. The molecule has 0 radical (unpaired) electrons. The number of nitrogens with zero attached hydrogens (tertiary/aromatic N) is 3. The Kier molecular flexibility index (Phi) is 3.90. The van der Waals surface area contributed by atoms with Gasteiger partial charge >= 0.3 is 0 Å². The molecule has 4 rings (SSSR count). The molecule has 1 aliphatic rings. The van der Waals surface area contributed by atoms with E-state index in [-0.39, 0.29) is 11.8 Å². The predicted octanol–water partition coefficient (Wildman–Crippen LogP) is 2.77. The van der Waals surface area contributed by atoms with E-state index in [0.29, 0.717) is 24.2 Å². The lowest BCUT2D eigenvalue weighted by atomic mass is 10.1. The van der Waals surface area contributed by atoms with Gasteiger partial charge < -0.3 is 4.57 Å². The van der Waals surface area contributed by atoms with Gasteiger partial charge in [0.1, 0.15) is 0 Å². The molecule has 2 aromatic carbocycles. The van der Waals surface area contributed by atoms with Crippen molar-refractivity contribution in [2.45, 2.75) is 13.0 Å². The van der Waals surface area contributed by atoms with Crippen LogP contribution in [0, 0.1) is 0 Å². The lowest BCUT2D eigenvalue weighted by Crippen LogP contribution is -2.32. The first kappa shape index (κ1) is 15.3. The predicted molar refractivity (Wildman–Crippen MR) is 93.3 cm³/mol. The molecule has 1 aliphatic heterocycles. The van der Waals surface area contributed by atoms with Gasteiger partial charge in [-0.05, 0) is 17.7 Å². The third-order valence-electron chi connectivity index (χ3n) is 4.37. The Morgan fingerprint density at radius 3 is 2.12 bits per heavy atom. The molecule has 0 N–H and O–H groups in total. The van der Waals surface area contributed by atoms with E-state index in [2.05, 4.69) is 17.1 Å². The molecule has 0 spiro atoms. The highest BCUT2D eigenvalue weighted by atomic mass is 16.2. The zero-order valence-electron chi connectivity index (χ0n) is 13.6. The second-order valence-electron chi connectivity index (χ2n) is 6.07. The molecule has 5 heteroatoms. The summed E-state index contributed by atoms with van der Waals surface area (Å²) in [5.41, 5.74) is 3.15. The molecule has 0 saturated heterocycles. The first-order valence-electron chi connectivity index (χ1n) is 8.22. The van der Waals surface area contributed by atoms with Crippen LogP contribution in [0.1, 0.15) is 32.0 Å². The van der Waals surface area contributed by atoms with Crippen LogP contribution in [0.5, 0.6) is 0 Å². The largest absolute Gasteiger partial charge is 0.335 e. The minimum absolute atomic E-state index is 0.217. The molecule has 0 bridgehead atoms. The topological polar surface area (TPSA) is 55.2 Å². The number of carbonyl (C=O) groups is 2. The van der Waals surface area contributed by atoms with Gasteiger partial charge in [-0.1, -0.05) is 42.5 Å². The summed E-state index contributed by atoms with van der Waals surface area (Å²) in [5.74, 6) is -0.435. The van der Waals surface area contributed by atoms with Gasteiger partial charge in [-0.2, -0.15) is 0 Å². The summed E-state index contributed by atoms with van der Waals surface area (Å²) in [4.78, 5) is 30.4. The average molecular weight is 331 g/mol. The van der Waals surface area contributed by atoms with Crippen LogP contribution in [0.3, 0.4) is 0 Å². The van der Waals surface area contributed by atoms with E-state index < -0.39 is 0 Å². The fourth-order valence-electron chi connectivity index (χ4n) is 3.08. The summed E-state index contributed by atoms with van der Waals surface area (Å²) < 4.78 is 1.92. The molecule has 0 unspecified atom stereocenters. The smallest absolute Gasteiger partial charge is 0.261 e. The number of hydrogen-bond acceptors (Lipinski definition) is 3. The van der Waals surface area contributed by atoms with Gasteiger partial charge in [0.15, 0.2) is 0 Å². The van der Waals surface area contributed by atoms with Crippen LogP contribution in [0.15, 0.2) is 67.1 Å². The molecule has 3 aromatic rings. The standard InChI is InChI=1S/C20H17N3O2/c24-19-17-8-4-5-9-18(17)20(25)23(19)11-10-22-13-16(21-14-22)12-15-6-2-1-3-7-15/h1-9,13-14H,10-12H2. The van der Waals surface area contributed by atoms with E-state index in [9.17, 15) is 9.59 Å². The van der Waals surface area contributed by atoms with Gasteiger partial charge in [0.05, 0.1) is 23.1 Å². The van der Waals surface area contributed by atoms with Gasteiger partial charge in [-0.3, -0.25) is 14.5 Å². The Labute approximate surface area is 145 Å². The number of hydrogen-bond donors (Lipinski definition) is 0. The van der Waals surface area contributed by atoms with Gasteiger partial charge in [0.25, 0.3) is 11.8 Å². The fourth-order valence-corrected chi connectivity index (χ4v) is 3.08. The van der Waals surface area contributed by atoms with E-state index >= 15 is 0 Å². The molecular weight excluding hydrogens is 314 g/mol. The van der Waals surface area contributed by atoms with Gasteiger partial charge in [0, 0.05) is 25.7 Å². The lowest BCUT2D eigenvalue weighted by Gasteiger charge is -2.13. The van der Waals surface area contributed by atoms with Crippen molar-refractivity contribution in [3.63, 3.8) is 0 Å². The number of amides is 2. The van der Waals surface area contributed by atoms with Crippen molar-refractivity contribution in [1.29, 1.82) is 0 Å². The summed E-state index contributed by atoms with van der Waals surface area (Å²) in [7, 11) is 0. The maximum Gasteiger partial charge on any atom is 0.261 e. The van der Waals surface area contributed by atoms with Gasteiger partial charge in [0.2, 0.25) is 0 Å². The monoisotopic (exact) mass is 331 g/mol. The van der Waals surface area contributed by atoms with Crippen molar-refractivity contribution < 1.29 is 9.59 Å². The van der Waals surface area contributed by atoms with Crippen LogP contribution in [0.4, 0.5) is 0 Å². The Balaban J connectivity index is 1.41. The minimum atomic E-state index is -0.217. The first-order valence-corrected chi connectivity index (χ1v) is 8.22. The van der Waals surface area contributed by atoms with Crippen LogP contribution >= 0.6 is 0 Å². The summed E-state index contributed by atoms with van der Waals surface area (Å²) in [6.07, 6.45) is 4.47. The number of fused-ring (bicyclic) bond motifs is 1. The summed E-state index contributed by atoms with van der Waals surface area (Å²) >= 11 is 0. The highest BCUT2D eigenvalue weighted by Crippen LogP contribution is 2.22. The maximum atomic E-state index is 12.4. The van der Waals surface area contributed by atoms with Crippen molar-refractivity contribution in [3.8, 4) is 0 Å². The van der Waals surface area contributed by atoms with Crippen LogP contribution < -0.4 is 0 Å². The van der Waals surface area contributed by atoms with E-state index in [1.165, 1.54) is 10.5 Å². The van der Waals surface area contributed by atoms with Crippen molar-refractivity contribution in [3.05, 3.63) is 89.5 Å². The number of imide groups is 1.